The maximum Gasteiger partial charge on any atom is 0.329 e. The van der Waals surface area contributed by atoms with Crippen molar-refractivity contribution in [3.63, 3.8) is 0 Å². The molecule has 5 nitrogen and oxygen atoms in total. The zero-order valence-corrected chi connectivity index (χ0v) is 9.84. The molecule has 1 aliphatic heterocycles. The standard InChI is InChI=1S/C10H12N2O3S/c1-11-6-3-4-8-12(9(6)13)7(5-16-8)10(14)15-2/h3-4,7,11H,5H2,1-2H3/t7-/m0/s1. The van der Waals surface area contributed by atoms with Crippen LogP contribution in [0, 0.1) is 0 Å². The van der Waals surface area contributed by atoms with Crippen LogP contribution in [0.15, 0.2) is 22.0 Å². The van der Waals surface area contributed by atoms with E-state index in [4.69, 9.17) is 0 Å². The molecule has 0 aliphatic carbocycles. The van der Waals surface area contributed by atoms with E-state index in [0.717, 1.165) is 5.03 Å². The van der Waals surface area contributed by atoms with Crippen LogP contribution in [0.3, 0.4) is 0 Å². The Kier molecular flexibility index (Phi) is 2.91. The molecule has 0 spiro atoms. The van der Waals surface area contributed by atoms with Gasteiger partial charge in [-0.2, -0.15) is 0 Å². The minimum Gasteiger partial charge on any atom is -0.467 e. The van der Waals surface area contributed by atoms with Crippen molar-refractivity contribution >= 4 is 23.4 Å². The zero-order valence-electron chi connectivity index (χ0n) is 9.02. The van der Waals surface area contributed by atoms with E-state index < -0.39 is 6.04 Å². The van der Waals surface area contributed by atoms with Crippen LogP contribution < -0.4 is 10.9 Å². The molecule has 1 aliphatic rings. The quantitative estimate of drug-likeness (QED) is 0.771. The number of anilines is 1. The van der Waals surface area contributed by atoms with Gasteiger partial charge in [0, 0.05) is 12.8 Å². The number of aromatic nitrogens is 1. The largest absolute Gasteiger partial charge is 0.467 e. The van der Waals surface area contributed by atoms with Gasteiger partial charge in [-0.3, -0.25) is 9.36 Å². The first-order valence-electron chi connectivity index (χ1n) is 4.83. The Morgan fingerprint density at radius 3 is 3.00 bits per heavy atom. The van der Waals surface area contributed by atoms with Gasteiger partial charge in [-0.25, -0.2) is 4.79 Å². The molecule has 86 valence electrons. The number of esters is 1. The monoisotopic (exact) mass is 240 g/mol. The molecule has 0 saturated heterocycles. The van der Waals surface area contributed by atoms with Gasteiger partial charge in [-0.1, -0.05) is 0 Å². The van der Waals surface area contributed by atoms with Crippen molar-refractivity contribution in [2.45, 2.75) is 11.1 Å². The molecule has 0 aromatic carbocycles. The first kappa shape index (κ1) is 11.1. The molecule has 0 amide bonds. The van der Waals surface area contributed by atoms with E-state index in [9.17, 15) is 9.59 Å². The minimum atomic E-state index is -0.509. The predicted octanol–water partition coefficient (Wildman–Crippen LogP) is 0.710. The summed E-state index contributed by atoms with van der Waals surface area (Å²) < 4.78 is 6.18. The fourth-order valence-corrected chi connectivity index (χ4v) is 2.81. The van der Waals surface area contributed by atoms with Crippen molar-refractivity contribution in [1.29, 1.82) is 0 Å². The number of carbonyl (C=O) groups excluding carboxylic acids is 1. The number of hydrogen-bond donors (Lipinski definition) is 1. The summed E-state index contributed by atoms with van der Waals surface area (Å²) in [5.74, 6) is 0.177. The maximum atomic E-state index is 12.0. The van der Waals surface area contributed by atoms with Crippen LogP contribution >= 0.6 is 11.8 Å². The smallest absolute Gasteiger partial charge is 0.329 e. The first-order valence-corrected chi connectivity index (χ1v) is 5.81. The third-order valence-electron chi connectivity index (χ3n) is 2.52. The summed E-state index contributed by atoms with van der Waals surface area (Å²) in [6.07, 6.45) is 0. The van der Waals surface area contributed by atoms with Gasteiger partial charge in [0.25, 0.3) is 5.56 Å². The van der Waals surface area contributed by atoms with Gasteiger partial charge >= 0.3 is 5.97 Å². The summed E-state index contributed by atoms with van der Waals surface area (Å²) in [6.45, 7) is 0. The van der Waals surface area contributed by atoms with E-state index in [1.807, 2.05) is 6.07 Å². The second-order valence-electron chi connectivity index (χ2n) is 3.36. The molecule has 0 fully saturated rings. The molecular weight excluding hydrogens is 228 g/mol. The topological polar surface area (TPSA) is 60.3 Å². The van der Waals surface area contributed by atoms with E-state index in [1.54, 1.807) is 13.1 Å². The lowest BCUT2D eigenvalue weighted by Gasteiger charge is -2.12. The van der Waals surface area contributed by atoms with E-state index in [2.05, 4.69) is 10.1 Å². The Morgan fingerprint density at radius 1 is 1.62 bits per heavy atom. The number of nitrogens with zero attached hydrogens (tertiary/aromatic N) is 1. The number of thioether (sulfide) groups is 1. The Morgan fingerprint density at radius 2 is 2.38 bits per heavy atom. The Labute approximate surface area is 96.8 Å². The van der Waals surface area contributed by atoms with E-state index in [-0.39, 0.29) is 11.5 Å². The lowest BCUT2D eigenvalue weighted by atomic mass is 10.3. The summed E-state index contributed by atoms with van der Waals surface area (Å²) in [5, 5.41) is 3.61. The van der Waals surface area contributed by atoms with Crippen molar-refractivity contribution in [3.8, 4) is 0 Å². The summed E-state index contributed by atoms with van der Waals surface area (Å²) >= 11 is 1.49. The van der Waals surface area contributed by atoms with Gasteiger partial charge in [0.2, 0.25) is 0 Å². The van der Waals surface area contributed by atoms with Crippen LogP contribution in [0.2, 0.25) is 0 Å². The van der Waals surface area contributed by atoms with Crippen LogP contribution in [-0.4, -0.2) is 30.4 Å². The summed E-state index contributed by atoms with van der Waals surface area (Å²) in [5.41, 5.74) is 0.306. The third-order valence-corrected chi connectivity index (χ3v) is 3.63. The highest BCUT2D eigenvalue weighted by Crippen LogP contribution is 2.32. The number of hydrogen-bond acceptors (Lipinski definition) is 5. The lowest BCUT2D eigenvalue weighted by molar-refractivity contribution is -0.143. The van der Waals surface area contributed by atoms with Crippen molar-refractivity contribution in [1.82, 2.24) is 4.57 Å². The third kappa shape index (κ3) is 1.59. The number of nitrogens with one attached hydrogen (secondary N) is 1. The molecule has 6 heteroatoms. The Bertz CT molecular complexity index is 483. The van der Waals surface area contributed by atoms with Gasteiger partial charge in [0.1, 0.15) is 11.7 Å². The Balaban J connectivity index is 2.52. The summed E-state index contributed by atoms with van der Waals surface area (Å²) in [7, 11) is 3.01. The van der Waals surface area contributed by atoms with E-state index >= 15 is 0 Å². The fraction of sp³-hybridized carbons (Fsp3) is 0.400. The maximum absolute atomic E-state index is 12.0. The highest BCUT2D eigenvalue weighted by atomic mass is 32.2. The van der Waals surface area contributed by atoms with Crippen molar-refractivity contribution in [2.24, 2.45) is 0 Å². The molecule has 1 aromatic heterocycles. The highest BCUT2D eigenvalue weighted by molar-refractivity contribution is 7.99. The number of rotatable bonds is 2. The SMILES string of the molecule is CNc1ccc2n(c1=O)[C@H](C(=O)OC)CS2. The predicted molar refractivity (Wildman–Crippen MR) is 62.0 cm³/mol. The summed E-state index contributed by atoms with van der Waals surface area (Å²) in [4.78, 5) is 23.5. The molecule has 16 heavy (non-hydrogen) atoms. The van der Waals surface area contributed by atoms with Crippen LogP contribution in [-0.2, 0) is 9.53 Å². The normalized spacial score (nSPS) is 18.0. The molecule has 0 radical (unpaired) electrons. The van der Waals surface area contributed by atoms with Gasteiger partial charge in [0.05, 0.1) is 12.1 Å². The van der Waals surface area contributed by atoms with Gasteiger partial charge < -0.3 is 10.1 Å². The molecule has 0 saturated carbocycles. The van der Waals surface area contributed by atoms with Gasteiger partial charge in [-0.15, -0.1) is 11.8 Å². The van der Waals surface area contributed by atoms with Crippen LogP contribution in [0.1, 0.15) is 6.04 Å². The molecule has 2 rings (SSSR count). The molecular formula is C10H12N2O3S. The van der Waals surface area contributed by atoms with Gasteiger partial charge in [0.15, 0.2) is 0 Å². The molecule has 0 unspecified atom stereocenters. The van der Waals surface area contributed by atoms with Crippen molar-refractivity contribution in [3.05, 3.63) is 22.5 Å². The number of ether oxygens (including phenoxy) is 1. The van der Waals surface area contributed by atoms with Crippen LogP contribution in [0.25, 0.3) is 0 Å². The number of carbonyl (C=O) groups is 1. The Hall–Kier alpha value is -1.43. The summed E-state index contributed by atoms with van der Waals surface area (Å²) in [6, 6.07) is 3.05. The average molecular weight is 240 g/mol. The average Bonchev–Trinajstić information content (AvgIpc) is 2.73. The molecule has 0 bridgehead atoms. The number of fused-ring (bicyclic) bond motifs is 1. The number of pyridine rings is 1. The second kappa shape index (κ2) is 4.21. The lowest BCUT2D eigenvalue weighted by Crippen LogP contribution is -2.30. The highest BCUT2D eigenvalue weighted by Gasteiger charge is 2.31. The van der Waals surface area contributed by atoms with Crippen LogP contribution in [0.4, 0.5) is 5.69 Å². The van der Waals surface area contributed by atoms with Crippen LogP contribution in [0.5, 0.6) is 0 Å². The number of methoxy groups -OCH3 is 1. The zero-order chi connectivity index (χ0) is 11.7. The molecule has 2 heterocycles. The van der Waals surface area contributed by atoms with Crippen molar-refractivity contribution in [2.75, 3.05) is 25.2 Å². The van der Waals surface area contributed by atoms with E-state index in [0.29, 0.717) is 11.4 Å². The molecule has 1 atom stereocenters. The van der Waals surface area contributed by atoms with Gasteiger partial charge in [-0.05, 0) is 12.1 Å². The van der Waals surface area contributed by atoms with Crippen molar-refractivity contribution < 1.29 is 9.53 Å². The fourth-order valence-electron chi connectivity index (χ4n) is 1.69. The molecule has 1 N–H and O–H groups in total. The minimum absolute atomic E-state index is 0.180. The first-order chi connectivity index (χ1) is 7.69. The molecule has 1 aromatic rings. The second-order valence-corrected chi connectivity index (χ2v) is 4.40. The van der Waals surface area contributed by atoms with E-state index in [1.165, 1.54) is 23.4 Å².